The zero-order valence-corrected chi connectivity index (χ0v) is 16.3. The molecular weight excluding hydrogens is 381 g/mol. The average molecular weight is 400 g/mol. The van der Waals surface area contributed by atoms with Crippen LogP contribution in [0.5, 0.6) is 0 Å². The van der Waals surface area contributed by atoms with Gasteiger partial charge in [-0.15, -0.1) is 0 Å². The van der Waals surface area contributed by atoms with Gasteiger partial charge in [-0.2, -0.15) is 5.10 Å². The fourth-order valence-corrected chi connectivity index (χ4v) is 3.78. The predicted molar refractivity (Wildman–Crippen MR) is 108 cm³/mol. The molecule has 0 spiro atoms. The number of benzene rings is 2. The first-order valence-electron chi connectivity index (χ1n) is 8.85. The van der Waals surface area contributed by atoms with Crippen molar-refractivity contribution in [1.82, 2.24) is 9.78 Å². The van der Waals surface area contributed by atoms with Gasteiger partial charge in [-0.05, 0) is 42.5 Å². The summed E-state index contributed by atoms with van der Waals surface area (Å²) in [5, 5.41) is 8.67. The van der Waals surface area contributed by atoms with Crippen molar-refractivity contribution in [2.24, 2.45) is 5.92 Å². The largest absolute Gasteiger partial charge is 0.309 e. The number of aryl methyl sites for hydroxylation is 1. The zero-order chi connectivity index (χ0) is 19.0. The Hall–Kier alpha value is -2.30. The highest BCUT2D eigenvalue weighted by atomic mass is 35.5. The van der Waals surface area contributed by atoms with Gasteiger partial charge in [0.25, 0.3) is 0 Å². The fourth-order valence-electron chi connectivity index (χ4n) is 3.31. The number of hydrogen-bond donors (Lipinski definition) is 1. The van der Waals surface area contributed by atoms with Crippen molar-refractivity contribution >= 4 is 34.9 Å². The second-order valence-electron chi connectivity index (χ2n) is 6.91. The van der Waals surface area contributed by atoms with Gasteiger partial charge < -0.3 is 5.32 Å². The standard InChI is InChI=1S/C21H19Cl2N3O/c1-13-9-20(25-26(13)12-15-7-8-16(22)10-19(15)23)24-21(27)18-11-17(18)14-5-3-2-4-6-14/h2-10,17-18H,11-12H2,1H3,(H,24,25,27). The minimum Gasteiger partial charge on any atom is -0.309 e. The third-order valence-electron chi connectivity index (χ3n) is 4.92. The number of carbonyl (C=O) groups is 1. The Kier molecular flexibility index (Phi) is 4.94. The summed E-state index contributed by atoms with van der Waals surface area (Å²) in [5.41, 5.74) is 3.10. The molecule has 2 aromatic carbocycles. The van der Waals surface area contributed by atoms with Gasteiger partial charge in [0, 0.05) is 27.7 Å². The van der Waals surface area contributed by atoms with Crippen molar-refractivity contribution in [3.63, 3.8) is 0 Å². The van der Waals surface area contributed by atoms with E-state index in [0.29, 0.717) is 28.3 Å². The van der Waals surface area contributed by atoms with E-state index >= 15 is 0 Å². The van der Waals surface area contributed by atoms with Crippen LogP contribution in [0.4, 0.5) is 5.82 Å². The quantitative estimate of drug-likeness (QED) is 0.633. The number of nitrogens with one attached hydrogen (secondary N) is 1. The summed E-state index contributed by atoms with van der Waals surface area (Å²) in [6.45, 7) is 2.48. The summed E-state index contributed by atoms with van der Waals surface area (Å²) in [6.07, 6.45) is 0.885. The molecule has 2 atom stereocenters. The van der Waals surface area contributed by atoms with E-state index in [1.807, 2.05) is 41.9 Å². The SMILES string of the molecule is Cc1cc(NC(=O)C2CC2c2ccccc2)nn1Cc1ccc(Cl)cc1Cl. The summed E-state index contributed by atoms with van der Waals surface area (Å²) >= 11 is 12.2. The van der Waals surface area contributed by atoms with Crippen LogP contribution in [-0.2, 0) is 11.3 Å². The lowest BCUT2D eigenvalue weighted by molar-refractivity contribution is -0.117. The van der Waals surface area contributed by atoms with E-state index in [1.165, 1.54) is 5.56 Å². The number of halogens is 2. The molecule has 0 radical (unpaired) electrons. The molecule has 3 aromatic rings. The lowest BCUT2D eigenvalue weighted by atomic mass is 10.1. The highest BCUT2D eigenvalue weighted by Gasteiger charge is 2.44. The molecule has 1 fully saturated rings. The summed E-state index contributed by atoms with van der Waals surface area (Å²) in [7, 11) is 0. The number of nitrogens with zero attached hydrogens (tertiary/aromatic N) is 2. The van der Waals surface area contributed by atoms with Gasteiger partial charge in [0.2, 0.25) is 5.91 Å². The van der Waals surface area contributed by atoms with Gasteiger partial charge in [-0.3, -0.25) is 9.48 Å². The molecule has 1 saturated carbocycles. The number of rotatable bonds is 5. The Morgan fingerprint density at radius 1 is 1.19 bits per heavy atom. The smallest absolute Gasteiger partial charge is 0.229 e. The molecule has 2 unspecified atom stereocenters. The third kappa shape index (κ3) is 4.02. The number of carbonyl (C=O) groups excluding carboxylic acids is 1. The van der Waals surface area contributed by atoms with Crippen molar-refractivity contribution in [3.8, 4) is 0 Å². The minimum atomic E-state index is 0.0172. The first-order chi connectivity index (χ1) is 13.0. The van der Waals surface area contributed by atoms with Crippen LogP contribution in [-0.4, -0.2) is 15.7 Å². The molecule has 1 amide bonds. The van der Waals surface area contributed by atoms with Crippen LogP contribution in [0.2, 0.25) is 10.0 Å². The maximum Gasteiger partial charge on any atom is 0.229 e. The molecule has 138 valence electrons. The molecule has 1 aliphatic rings. The van der Waals surface area contributed by atoms with Crippen LogP contribution >= 0.6 is 23.2 Å². The average Bonchev–Trinajstić information content (AvgIpc) is 3.38. The van der Waals surface area contributed by atoms with E-state index in [0.717, 1.165) is 17.7 Å². The normalized spacial score (nSPS) is 18.3. The lowest BCUT2D eigenvalue weighted by Crippen LogP contribution is -2.15. The van der Waals surface area contributed by atoms with Crippen LogP contribution < -0.4 is 5.32 Å². The van der Waals surface area contributed by atoms with Gasteiger partial charge in [0.05, 0.1) is 6.54 Å². The minimum absolute atomic E-state index is 0.0172. The Morgan fingerprint density at radius 2 is 1.96 bits per heavy atom. The number of amides is 1. The van der Waals surface area contributed by atoms with Crippen LogP contribution in [0.25, 0.3) is 0 Å². The van der Waals surface area contributed by atoms with Crippen molar-refractivity contribution in [2.75, 3.05) is 5.32 Å². The first kappa shape index (κ1) is 18.1. The second kappa shape index (κ2) is 7.37. The Labute approximate surface area is 168 Å². The summed E-state index contributed by atoms with van der Waals surface area (Å²) in [5.74, 6) is 0.921. The van der Waals surface area contributed by atoms with Crippen molar-refractivity contribution in [3.05, 3.63) is 81.5 Å². The van der Waals surface area contributed by atoms with E-state index in [2.05, 4.69) is 22.5 Å². The molecule has 1 aliphatic carbocycles. The lowest BCUT2D eigenvalue weighted by Gasteiger charge is -2.07. The monoisotopic (exact) mass is 399 g/mol. The second-order valence-corrected chi connectivity index (χ2v) is 7.76. The first-order valence-corrected chi connectivity index (χ1v) is 9.61. The predicted octanol–water partition coefficient (Wildman–Crippen LogP) is 5.29. The summed E-state index contributed by atoms with van der Waals surface area (Å²) in [4.78, 5) is 12.5. The topological polar surface area (TPSA) is 46.9 Å². The van der Waals surface area contributed by atoms with Gasteiger partial charge in [0.1, 0.15) is 0 Å². The zero-order valence-electron chi connectivity index (χ0n) is 14.8. The Morgan fingerprint density at radius 3 is 2.70 bits per heavy atom. The van der Waals surface area contributed by atoms with Crippen LogP contribution in [0.1, 0.15) is 29.2 Å². The molecular formula is C21H19Cl2N3O. The van der Waals surface area contributed by atoms with Gasteiger partial charge in [-0.25, -0.2) is 0 Å². The molecule has 4 rings (SSSR count). The van der Waals surface area contributed by atoms with Crippen molar-refractivity contribution in [1.29, 1.82) is 0 Å². The van der Waals surface area contributed by atoms with Crippen molar-refractivity contribution in [2.45, 2.75) is 25.8 Å². The van der Waals surface area contributed by atoms with E-state index < -0.39 is 0 Å². The number of hydrogen-bond acceptors (Lipinski definition) is 2. The maximum absolute atomic E-state index is 12.5. The summed E-state index contributed by atoms with van der Waals surface area (Å²) in [6, 6.07) is 17.5. The van der Waals surface area contributed by atoms with E-state index in [1.54, 1.807) is 12.1 Å². The van der Waals surface area contributed by atoms with Crippen molar-refractivity contribution < 1.29 is 4.79 Å². The van der Waals surface area contributed by atoms with Gasteiger partial charge in [0.15, 0.2) is 5.82 Å². The molecule has 1 heterocycles. The Balaban J connectivity index is 1.42. The van der Waals surface area contributed by atoms with E-state index in [4.69, 9.17) is 23.2 Å². The maximum atomic E-state index is 12.5. The molecule has 0 saturated heterocycles. The van der Waals surface area contributed by atoms with Crippen LogP contribution in [0.3, 0.4) is 0 Å². The molecule has 0 aliphatic heterocycles. The Bertz CT molecular complexity index is 984. The molecule has 6 heteroatoms. The fraction of sp³-hybridized carbons (Fsp3) is 0.238. The molecule has 27 heavy (non-hydrogen) atoms. The number of anilines is 1. The third-order valence-corrected chi connectivity index (χ3v) is 5.51. The molecule has 0 bridgehead atoms. The highest BCUT2D eigenvalue weighted by Crippen LogP contribution is 2.47. The van der Waals surface area contributed by atoms with Gasteiger partial charge >= 0.3 is 0 Å². The van der Waals surface area contributed by atoms with Gasteiger partial charge in [-0.1, -0.05) is 59.6 Å². The molecule has 4 nitrogen and oxygen atoms in total. The number of aromatic nitrogens is 2. The van der Waals surface area contributed by atoms with E-state index in [9.17, 15) is 4.79 Å². The molecule has 1 N–H and O–H groups in total. The highest BCUT2D eigenvalue weighted by molar-refractivity contribution is 6.35. The van der Waals surface area contributed by atoms with E-state index in [-0.39, 0.29) is 11.8 Å². The summed E-state index contributed by atoms with van der Waals surface area (Å²) < 4.78 is 1.83. The molecule has 1 aromatic heterocycles. The van der Waals surface area contributed by atoms with Crippen LogP contribution in [0, 0.1) is 12.8 Å². The van der Waals surface area contributed by atoms with Crippen LogP contribution in [0.15, 0.2) is 54.6 Å².